The molecule has 4 rings (SSSR count). The third-order valence-electron chi connectivity index (χ3n) is 6.46. The van der Waals surface area contributed by atoms with Crippen LogP contribution in [0.5, 0.6) is 5.75 Å². The Morgan fingerprint density at radius 1 is 0.788 bits per heavy atom. The Balaban J connectivity index is 1.56. The standard InChI is InChI=1S/C27H33N3O3/c1-3-4-5-11-16-30-26(31)24(21-12-7-6-8-13-21)25(27(30)32)29-19-17-28(18-20-29)22-14-9-10-15-23(22)33-2/h6-10,12-15H,3-5,11,16-20H2,1-2H3. The third kappa shape index (κ3) is 4.75. The summed E-state index contributed by atoms with van der Waals surface area (Å²) < 4.78 is 5.53. The quantitative estimate of drug-likeness (QED) is 0.426. The minimum atomic E-state index is -0.162. The summed E-state index contributed by atoms with van der Waals surface area (Å²) in [6.07, 6.45) is 4.12. The molecule has 0 atom stereocenters. The zero-order valence-electron chi connectivity index (χ0n) is 19.6. The Morgan fingerprint density at radius 2 is 1.45 bits per heavy atom. The fraction of sp³-hybridized carbons (Fsp3) is 0.407. The van der Waals surface area contributed by atoms with Gasteiger partial charge in [-0.25, -0.2) is 0 Å². The summed E-state index contributed by atoms with van der Waals surface area (Å²) in [4.78, 5) is 32.7. The average Bonchev–Trinajstić information content (AvgIpc) is 3.12. The van der Waals surface area contributed by atoms with E-state index in [1.165, 1.54) is 4.90 Å². The average molecular weight is 448 g/mol. The van der Waals surface area contributed by atoms with Crippen molar-refractivity contribution in [3.63, 3.8) is 0 Å². The van der Waals surface area contributed by atoms with Gasteiger partial charge in [-0.3, -0.25) is 14.5 Å². The first-order valence-corrected chi connectivity index (χ1v) is 11.9. The molecule has 2 aromatic rings. The van der Waals surface area contributed by atoms with Crippen molar-refractivity contribution < 1.29 is 14.3 Å². The third-order valence-corrected chi connectivity index (χ3v) is 6.46. The molecule has 0 aliphatic carbocycles. The predicted octanol–water partition coefficient (Wildman–Crippen LogP) is 4.18. The zero-order chi connectivity index (χ0) is 23.2. The van der Waals surface area contributed by atoms with Crippen molar-refractivity contribution in [2.24, 2.45) is 0 Å². The molecule has 1 saturated heterocycles. The molecule has 0 radical (unpaired) electrons. The molecule has 6 heteroatoms. The highest BCUT2D eigenvalue weighted by Gasteiger charge is 2.41. The number of methoxy groups -OCH3 is 1. The number of amides is 2. The fourth-order valence-corrected chi connectivity index (χ4v) is 4.68. The summed E-state index contributed by atoms with van der Waals surface area (Å²) in [5.74, 6) is 0.534. The van der Waals surface area contributed by atoms with Crippen LogP contribution in [0.15, 0.2) is 60.3 Å². The van der Waals surface area contributed by atoms with Gasteiger partial charge in [0, 0.05) is 32.7 Å². The lowest BCUT2D eigenvalue weighted by atomic mass is 10.0. The van der Waals surface area contributed by atoms with E-state index in [1.54, 1.807) is 7.11 Å². The first-order chi connectivity index (χ1) is 16.2. The number of ether oxygens (including phenoxy) is 1. The topological polar surface area (TPSA) is 53.1 Å². The Morgan fingerprint density at radius 3 is 2.15 bits per heavy atom. The number of rotatable bonds is 9. The fourth-order valence-electron chi connectivity index (χ4n) is 4.68. The van der Waals surface area contributed by atoms with Crippen molar-refractivity contribution >= 4 is 23.1 Å². The van der Waals surface area contributed by atoms with E-state index in [0.29, 0.717) is 30.9 Å². The van der Waals surface area contributed by atoms with E-state index in [9.17, 15) is 9.59 Å². The van der Waals surface area contributed by atoms with Gasteiger partial charge in [-0.05, 0) is 24.1 Å². The molecule has 174 valence electrons. The minimum Gasteiger partial charge on any atom is -0.495 e. The molecule has 0 bridgehead atoms. The van der Waals surface area contributed by atoms with Gasteiger partial charge in [-0.2, -0.15) is 0 Å². The number of piperazine rings is 1. The lowest BCUT2D eigenvalue weighted by Gasteiger charge is -2.38. The Bertz CT molecular complexity index is 1010. The van der Waals surface area contributed by atoms with Gasteiger partial charge in [0.2, 0.25) is 0 Å². The van der Waals surface area contributed by atoms with E-state index in [4.69, 9.17) is 4.74 Å². The van der Waals surface area contributed by atoms with Gasteiger partial charge < -0.3 is 14.5 Å². The largest absolute Gasteiger partial charge is 0.495 e. The van der Waals surface area contributed by atoms with Gasteiger partial charge in [0.05, 0.1) is 18.4 Å². The Hall–Kier alpha value is -3.28. The van der Waals surface area contributed by atoms with Gasteiger partial charge in [0.1, 0.15) is 11.4 Å². The highest BCUT2D eigenvalue weighted by molar-refractivity contribution is 6.35. The van der Waals surface area contributed by atoms with Gasteiger partial charge >= 0.3 is 0 Å². The number of hydrogen-bond acceptors (Lipinski definition) is 5. The van der Waals surface area contributed by atoms with Crippen LogP contribution >= 0.6 is 0 Å². The van der Waals surface area contributed by atoms with E-state index in [1.807, 2.05) is 48.5 Å². The van der Waals surface area contributed by atoms with E-state index in [-0.39, 0.29) is 11.8 Å². The first kappa shape index (κ1) is 22.9. The molecule has 1 fully saturated rings. The second-order valence-electron chi connectivity index (χ2n) is 8.56. The van der Waals surface area contributed by atoms with E-state index >= 15 is 0 Å². The maximum atomic E-state index is 13.5. The van der Waals surface area contributed by atoms with Crippen molar-refractivity contribution in [3.05, 3.63) is 65.9 Å². The molecule has 2 aliphatic rings. The smallest absolute Gasteiger partial charge is 0.277 e. The molecule has 0 saturated carbocycles. The van der Waals surface area contributed by atoms with Crippen LogP contribution in [-0.4, -0.2) is 61.4 Å². The summed E-state index contributed by atoms with van der Waals surface area (Å²) in [6, 6.07) is 17.6. The van der Waals surface area contributed by atoms with Crippen molar-refractivity contribution in [1.82, 2.24) is 9.80 Å². The summed E-state index contributed by atoms with van der Waals surface area (Å²) in [5, 5.41) is 0. The molecule has 33 heavy (non-hydrogen) atoms. The van der Waals surface area contributed by atoms with Crippen LogP contribution < -0.4 is 9.64 Å². The maximum absolute atomic E-state index is 13.5. The lowest BCUT2D eigenvalue weighted by molar-refractivity contribution is -0.137. The number of nitrogens with zero attached hydrogens (tertiary/aromatic N) is 3. The van der Waals surface area contributed by atoms with Crippen molar-refractivity contribution in [2.45, 2.75) is 32.6 Å². The van der Waals surface area contributed by atoms with E-state index in [0.717, 1.165) is 55.8 Å². The van der Waals surface area contributed by atoms with E-state index in [2.05, 4.69) is 22.8 Å². The number of para-hydroxylation sites is 2. The van der Waals surface area contributed by atoms with Gasteiger partial charge in [-0.1, -0.05) is 68.7 Å². The Labute approximate surface area is 196 Å². The SMILES string of the molecule is CCCCCCN1C(=O)C(c2ccccc2)=C(N2CCN(c3ccccc3OC)CC2)C1=O. The molecular weight excluding hydrogens is 414 g/mol. The molecule has 6 nitrogen and oxygen atoms in total. The highest BCUT2D eigenvalue weighted by Crippen LogP contribution is 2.34. The number of imide groups is 1. The number of benzene rings is 2. The molecule has 0 spiro atoms. The van der Waals surface area contributed by atoms with Crippen LogP contribution in [0.4, 0.5) is 5.69 Å². The maximum Gasteiger partial charge on any atom is 0.277 e. The molecule has 2 aromatic carbocycles. The van der Waals surface area contributed by atoms with Crippen LogP contribution in [0, 0.1) is 0 Å². The second-order valence-corrected chi connectivity index (χ2v) is 8.56. The zero-order valence-corrected chi connectivity index (χ0v) is 19.6. The molecule has 0 unspecified atom stereocenters. The molecule has 2 aliphatic heterocycles. The van der Waals surface area contributed by atoms with Crippen molar-refractivity contribution in [3.8, 4) is 5.75 Å². The number of carbonyl (C=O) groups is 2. The van der Waals surface area contributed by atoms with Crippen LogP contribution in [-0.2, 0) is 9.59 Å². The van der Waals surface area contributed by atoms with Crippen LogP contribution in [0.3, 0.4) is 0 Å². The predicted molar refractivity (Wildman–Crippen MR) is 131 cm³/mol. The molecule has 2 heterocycles. The second kappa shape index (κ2) is 10.6. The molecule has 0 aromatic heterocycles. The summed E-state index contributed by atoms with van der Waals surface area (Å²) >= 11 is 0. The van der Waals surface area contributed by atoms with Crippen LogP contribution in [0.1, 0.15) is 38.2 Å². The summed E-state index contributed by atoms with van der Waals surface area (Å²) in [5.41, 5.74) is 2.97. The Kier molecular flexibility index (Phi) is 7.33. The van der Waals surface area contributed by atoms with Gasteiger partial charge in [0.15, 0.2) is 0 Å². The monoisotopic (exact) mass is 447 g/mol. The highest BCUT2D eigenvalue weighted by atomic mass is 16.5. The number of anilines is 1. The normalized spacial score (nSPS) is 16.7. The number of hydrogen-bond donors (Lipinski definition) is 0. The molecule has 2 amide bonds. The number of carbonyl (C=O) groups excluding carboxylic acids is 2. The number of unbranched alkanes of at least 4 members (excludes halogenated alkanes) is 3. The molecular formula is C27H33N3O3. The van der Waals surface area contributed by atoms with Crippen LogP contribution in [0.25, 0.3) is 5.57 Å². The first-order valence-electron chi connectivity index (χ1n) is 11.9. The van der Waals surface area contributed by atoms with Crippen molar-refractivity contribution in [2.75, 3.05) is 44.7 Å². The van der Waals surface area contributed by atoms with Gasteiger partial charge in [-0.15, -0.1) is 0 Å². The van der Waals surface area contributed by atoms with Gasteiger partial charge in [0.25, 0.3) is 11.8 Å². The summed E-state index contributed by atoms with van der Waals surface area (Å²) in [6.45, 7) is 5.50. The van der Waals surface area contributed by atoms with Crippen LogP contribution in [0.2, 0.25) is 0 Å². The lowest BCUT2D eigenvalue weighted by Crippen LogP contribution is -2.47. The minimum absolute atomic E-state index is 0.152. The van der Waals surface area contributed by atoms with Crippen molar-refractivity contribution in [1.29, 1.82) is 0 Å². The summed E-state index contributed by atoms with van der Waals surface area (Å²) in [7, 11) is 1.68. The van der Waals surface area contributed by atoms with E-state index < -0.39 is 0 Å². The molecule has 0 N–H and O–H groups in total.